The smallest absolute Gasteiger partial charge is 0.0238 e. The summed E-state index contributed by atoms with van der Waals surface area (Å²) in [6.45, 7) is 4.50. The lowest BCUT2D eigenvalue weighted by Gasteiger charge is -2.33. The Hall–Kier alpha value is -0.480. The molecule has 0 aromatic heterocycles. The fourth-order valence-corrected chi connectivity index (χ4v) is 2.52. The fourth-order valence-electron chi connectivity index (χ4n) is 2.52. The van der Waals surface area contributed by atoms with Crippen molar-refractivity contribution in [3.8, 4) is 12.3 Å². The van der Waals surface area contributed by atoms with Crippen molar-refractivity contribution < 1.29 is 0 Å². The SMILES string of the molecule is C#CCC(C)NC1CCCCC1CC. The zero-order valence-corrected chi connectivity index (χ0v) is 9.55. The maximum absolute atomic E-state index is 5.31. The molecule has 1 aliphatic carbocycles. The predicted molar refractivity (Wildman–Crippen MR) is 62.1 cm³/mol. The number of hydrogen-bond donors (Lipinski definition) is 1. The van der Waals surface area contributed by atoms with Gasteiger partial charge < -0.3 is 5.32 Å². The van der Waals surface area contributed by atoms with Gasteiger partial charge in [0, 0.05) is 18.5 Å². The maximum atomic E-state index is 5.31. The van der Waals surface area contributed by atoms with Crippen LogP contribution in [0.3, 0.4) is 0 Å². The molecule has 0 spiro atoms. The highest BCUT2D eigenvalue weighted by atomic mass is 14.9. The maximum Gasteiger partial charge on any atom is 0.0238 e. The average Bonchev–Trinajstić information content (AvgIpc) is 2.19. The Bertz CT molecular complexity index is 192. The minimum Gasteiger partial charge on any atom is -0.310 e. The molecule has 1 fully saturated rings. The molecule has 1 saturated carbocycles. The lowest BCUT2D eigenvalue weighted by molar-refractivity contribution is 0.241. The standard InChI is InChI=1S/C13H23N/c1-4-8-11(3)14-13-10-7-6-9-12(13)5-2/h1,11-14H,5-10H2,2-3H3. The van der Waals surface area contributed by atoms with Crippen LogP contribution in [0.2, 0.25) is 0 Å². The van der Waals surface area contributed by atoms with E-state index in [2.05, 4.69) is 25.1 Å². The monoisotopic (exact) mass is 193 g/mol. The average molecular weight is 193 g/mol. The van der Waals surface area contributed by atoms with E-state index in [9.17, 15) is 0 Å². The van der Waals surface area contributed by atoms with Crippen molar-refractivity contribution in [3.63, 3.8) is 0 Å². The van der Waals surface area contributed by atoms with E-state index in [1.807, 2.05) is 0 Å². The molecule has 3 atom stereocenters. The molecule has 80 valence electrons. The summed E-state index contributed by atoms with van der Waals surface area (Å²) < 4.78 is 0. The molecule has 0 aromatic carbocycles. The van der Waals surface area contributed by atoms with Crippen LogP contribution in [0.25, 0.3) is 0 Å². The molecule has 1 rings (SSSR count). The molecule has 14 heavy (non-hydrogen) atoms. The molecule has 0 saturated heterocycles. The Kier molecular flexibility index (Phi) is 5.04. The number of nitrogens with one attached hydrogen (secondary N) is 1. The molecule has 0 aromatic rings. The first-order valence-corrected chi connectivity index (χ1v) is 5.97. The van der Waals surface area contributed by atoms with Gasteiger partial charge in [-0.25, -0.2) is 0 Å². The molecular weight excluding hydrogens is 170 g/mol. The van der Waals surface area contributed by atoms with Crippen molar-refractivity contribution in [1.82, 2.24) is 5.32 Å². The number of terminal acetylenes is 1. The second-order valence-electron chi connectivity index (χ2n) is 4.54. The second-order valence-corrected chi connectivity index (χ2v) is 4.54. The van der Waals surface area contributed by atoms with Crippen molar-refractivity contribution in [2.45, 2.75) is 64.5 Å². The van der Waals surface area contributed by atoms with Gasteiger partial charge in [-0.05, 0) is 25.7 Å². The summed E-state index contributed by atoms with van der Waals surface area (Å²) in [4.78, 5) is 0. The van der Waals surface area contributed by atoms with Gasteiger partial charge in [-0.2, -0.15) is 0 Å². The van der Waals surface area contributed by atoms with E-state index in [4.69, 9.17) is 6.42 Å². The van der Waals surface area contributed by atoms with Crippen molar-refractivity contribution in [3.05, 3.63) is 0 Å². The second kappa shape index (κ2) is 6.09. The van der Waals surface area contributed by atoms with E-state index in [0.717, 1.165) is 18.4 Å². The molecule has 1 N–H and O–H groups in total. The molecule has 3 unspecified atom stereocenters. The normalized spacial score (nSPS) is 29.5. The van der Waals surface area contributed by atoms with Gasteiger partial charge in [0.25, 0.3) is 0 Å². The van der Waals surface area contributed by atoms with E-state index in [-0.39, 0.29) is 0 Å². The first-order valence-electron chi connectivity index (χ1n) is 5.97. The summed E-state index contributed by atoms with van der Waals surface area (Å²) in [5.41, 5.74) is 0. The van der Waals surface area contributed by atoms with E-state index in [0.29, 0.717) is 6.04 Å². The first kappa shape index (κ1) is 11.6. The molecule has 0 bridgehead atoms. The Morgan fingerprint density at radius 2 is 2.14 bits per heavy atom. The zero-order valence-electron chi connectivity index (χ0n) is 9.55. The number of rotatable bonds is 4. The Morgan fingerprint density at radius 1 is 1.43 bits per heavy atom. The molecule has 0 aliphatic heterocycles. The summed E-state index contributed by atoms with van der Waals surface area (Å²) in [7, 11) is 0. The molecule has 1 aliphatic rings. The van der Waals surface area contributed by atoms with Crippen LogP contribution in [-0.2, 0) is 0 Å². The molecule has 0 radical (unpaired) electrons. The largest absolute Gasteiger partial charge is 0.310 e. The molecule has 1 nitrogen and oxygen atoms in total. The topological polar surface area (TPSA) is 12.0 Å². The van der Waals surface area contributed by atoms with Crippen molar-refractivity contribution in [2.24, 2.45) is 5.92 Å². The van der Waals surface area contributed by atoms with E-state index in [1.165, 1.54) is 32.1 Å². The van der Waals surface area contributed by atoms with E-state index < -0.39 is 0 Å². The fraction of sp³-hybridized carbons (Fsp3) is 0.846. The van der Waals surface area contributed by atoms with Gasteiger partial charge in [-0.15, -0.1) is 12.3 Å². The molecule has 0 amide bonds. The number of hydrogen-bond acceptors (Lipinski definition) is 1. The summed E-state index contributed by atoms with van der Waals surface area (Å²) in [5, 5.41) is 3.68. The highest BCUT2D eigenvalue weighted by Crippen LogP contribution is 2.27. The highest BCUT2D eigenvalue weighted by molar-refractivity contribution is 4.90. The minimum absolute atomic E-state index is 0.483. The summed E-state index contributed by atoms with van der Waals surface area (Å²) in [6, 6.07) is 1.20. The lowest BCUT2D eigenvalue weighted by atomic mass is 9.82. The van der Waals surface area contributed by atoms with Gasteiger partial charge in [-0.3, -0.25) is 0 Å². The zero-order chi connectivity index (χ0) is 10.4. The predicted octanol–water partition coefficient (Wildman–Crippen LogP) is 2.96. The Labute approximate surface area is 88.7 Å². The van der Waals surface area contributed by atoms with E-state index >= 15 is 0 Å². The van der Waals surface area contributed by atoms with Crippen molar-refractivity contribution >= 4 is 0 Å². The van der Waals surface area contributed by atoms with Crippen LogP contribution >= 0.6 is 0 Å². The quantitative estimate of drug-likeness (QED) is 0.677. The van der Waals surface area contributed by atoms with Crippen molar-refractivity contribution in [2.75, 3.05) is 0 Å². The summed E-state index contributed by atoms with van der Waals surface area (Å²) >= 11 is 0. The van der Waals surface area contributed by atoms with Crippen LogP contribution in [-0.4, -0.2) is 12.1 Å². The van der Waals surface area contributed by atoms with Gasteiger partial charge in [0.05, 0.1) is 0 Å². The molecule has 0 heterocycles. The van der Waals surface area contributed by atoms with Crippen molar-refractivity contribution in [1.29, 1.82) is 0 Å². The van der Waals surface area contributed by atoms with Crippen LogP contribution in [0.15, 0.2) is 0 Å². The third-order valence-corrected chi connectivity index (χ3v) is 3.36. The highest BCUT2D eigenvalue weighted by Gasteiger charge is 2.24. The van der Waals surface area contributed by atoms with Gasteiger partial charge >= 0.3 is 0 Å². The summed E-state index contributed by atoms with van der Waals surface area (Å²) in [5.74, 6) is 3.61. The Balaban J connectivity index is 2.36. The lowest BCUT2D eigenvalue weighted by Crippen LogP contribution is -2.42. The van der Waals surface area contributed by atoms with Gasteiger partial charge in [-0.1, -0.05) is 26.2 Å². The van der Waals surface area contributed by atoms with Crippen LogP contribution in [0.4, 0.5) is 0 Å². The van der Waals surface area contributed by atoms with E-state index in [1.54, 1.807) is 0 Å². The van der Waals surface area contributed by atoms with Crippen LogP contribution in [0, 0.1) is 18.3 Å². The third kappa shape index (κ3) is 3.35. The Morgan fingerprint density at radius 3 is 2.79 bits per heavy atom. The first-order chi connectivity index (χ1) is 6.77. The summed E-state index contributed by atoms with van der Waals surface area (Å²) in [6.07, 6.45) is 13.0. The van der Waals surface area contributed by atoms with Gasteiger partial charge in [0.2, 0.25) is 0 Å². The van der Waals surface area contributed by atoms with Gasteiger partial charge in [0.1, 0.15) is 0 Å². The van der Waals surface area contributed by atoms with Crippen LogP contribution in [0.1, 0.15) is 52.4 Å². The molecule has 1 heteroatoms. The van der Waals surface area contributed by atoms with Crippen LogP contribution in [0.5, 0.6) is 0 Å². The van der Waals surface area contributed by atoms with Gasteiger partial charge in [0.15, 0.2) is 0 Å². The minimum atomic E-state index is 0.483. The molecular formula is C13H23N. The van der Waals surface area contributed by atoms with Crippen LogP contribution < -0.4 is 5.32 Å². The third-order valence-electron chi connectivity index (χ3n) is 3.36.